The summed E-state index contributed by atoms with van der Waals surface area (Å²) in [4.78, 5) is 12.6. The van der Waals surface area contributed by atoms with Crippen molar-refractivity contribution in [1.82, 2.24) is 20.1 Å². The number of fused-ring (bicyclic) bond motifs is 1. The number of hydrogen-bond acceptors (Lipinski definition) is 7. The second kappa shape index (κ2) is 10.0. The van der Waals surface area contributed by atoms with Gasteiger partial charge in [0.1, 0.15) is 18.5 Å². The van der Waals surface area contributed by atoms with Crippen LogP contribution in [0.3, 0.4) is 0 Å². The van der Waals surface area contributed by atoms with Gasteiger partial charge in [-0.05, 0) is 30.7 Å². The van der Waals surface area contributed by atoms with Crippen LogP contribution in [-0.4, -0.2) is 45.7 Å². The summed E-state index contributed by atoms with van der Waals surface area (Å²) in [5, 5.41) is 12.4. The zero-order valence-electron chi connectivity index (χ0n) is 18.6. The summed E-state index contributed by atoms with van der Waals surface area (Å²) in [5.41, 5.74) is 2.00. The van der Waals surface area contributed by atoms with Crippen LogP contribution in [-0.2, 0) is 11.3 Å². The highest BCUT2D eigenvalue weighted by Crippen LogP contribution is 2.31. The number of nitrogens with one attached hydrogen (secondary N) is 1. The Labute approximate surface area is 201 Å². The molecule has 1 aliphatic rings. The average molecular weight is 477 g/mol. The lowest BCUT2D eigenvalue weighted by atomic mass is 10.2. The summed E-state index contributed by atoms with van der Waals surface area (Å²) < 4.78 is 19.1. The van der Waals surface area contributed by atoms with Crippen molar-refractivity contribution in [1.29, 1.82) is 0 Å². The smallest absolute Gasteiger partial charge is 0.230 e. The van der Waals surface area contributed by atoms with E-state index in [1.54, 1.807) is 6.26 Å². The van der Waals surface area contributed by atoms with Crippen molar-refractivity contribution in [3.8, 4) is 22.9 Å². The average Bonchev–Trinajstić information content (AvgIpc) is 3.47. The third-order valence-electron chi connectivity index (χ3n) is 5.43. The van der Waals surface area contributed by atoms with E-state index in [1.165, 1.54) is 11.8 Å². The standard InChI is InChI=1S/C25H24N4O4S/c1-17-20(11-12-31-17)24-27-28-25(29(24)14-18-7-3-2-4-8-18)34-16-23(30)26-13-19-15-32-21-9-5-6-10-22(21)33-19/h2-12,19H,13-16H2,1H3,(H,26,30). The molecular formula is C25H24N4O4S. The van der Waals surface area contributed by atoms with E-state index in [0.29, 0.717) is 36.4 Å². The summed E-state index contributed by atoms with van der Waals surface area (Å²) >= 11 is 1.35. The number of aromatic nitrogens is 3. The molecule has 0 radical (unpaired) electrons. The minimum absolute atomic E-state index is 0.109. The van der Waals surface area contributed by atoms with Crippen molar-refractivity contribution in [3.63, 3.8) is 0 Å². The number of amides is 1. The Balaban J connectivity index is 1.23. The number of aryl methyl sites for hydroxylation is 1. The number of carbonyl (C=O) groups is 1. The van der Waals surface area contributed by atoms with E-state index in [0.717, 1.165) is 22.6 Å². The molecule has 0 saturated heterocycles. The van der Waals surface area contributed by atoms with Crippen LogP contribution in [0.2, 0.25) is 0 Å². The van der Waals surface area contributed by atoms with Gasteiger partial charge in [-0.25, -0.2) is 0 Å². The van der Waals surface area contributed by atoms with Crippen LogP contribution in [0.4, 0.5) is 0 Å². The number of nitrogens with zero attached hydrogens (tertiary/aromatic N) is 3. The van der Waals surface area contributed by atoms with E-state index in [9.17, 15) is 4.79 Å². The molecule has 4 aromatic rings. The van der Waals surface area contributed by atoms with Crippen LogP contribution in [0.25, 0.3) is 11.4 Å². The van der Waals surface area contributed by atoms with Crippen LogP contribution in [0.1, 0.15) is 11.3 Å². The lowest BCUT2D eigenvalue weighted by molar-refractivity contribution is -0.119. The molecule has 2 aromatic heterocycles. The fourth-order valence-electron chi connectivity index (χ4n) is 3.69. The van der Waals surface area contributed by atoms with Gasteiger partial charge >= 0.3 is 0 Å². The van der Waals surface area contributed by atoms with E-state index in [-0.39, 0.29) is 17.8 Å². The first-order valence-corrected chi connectivity index (χ1v) is 12.0. The second-order valence-electron chi connectivity index (χ2n) is 7.86. The molecule has 1 atom stereocenters. The highest BCUT2D eigenvalue weighted by Gasteiger charge is 2.22. The molecule has 1 aliphatic heterocycles. The van der Waals surface area contributed by atoms with E-state index >= 15 is 0 Å². The van der Waals surface area contributed by atoms with Gasteiger partial charge < -0.3 is 19.2 Å². The number of hydrogen-bond donors (Lipinski definition) is 1. The van der Waals surface area contributed by atoms with E-state index in [4.69, 9.17) is 13.9 Å². The summed E-state index contributed by atoms with van der Waals surface area (Å²) in [6.07, 6.45) is 1.41. The van der Waals surface area contributed by atoms with Gasteiger partial charge in [0.05, 0.1) is 30.7 Å². The van der Waals surface area contributed by atoms with Crippen LogP contribution in [0, 0.1) is 6.92 Å². The van der Waals surface area contributed by atoms with Crippen molar-refractivity contribution in [2.75, 3.05) is 18.9 Å². The predicted molar refractivity (Wildman–Crippen MR) is 128 cm³/mol. The van der Waals surface area contributed by atoms with Crippen molar-refractivity contribution < 1.29 is 18.7 Å². The van der Waals surface area contributed by atoms with Crippen LogP contribution < -0.4 is 14.8 Å². The molecule has 0 spiro atoms. The Kier molecular flexibility index (Phi) is 6.53. The Hall–Kier alpha value is -3.72. The molecule has 3 heterocycles. The van der Waals surface area contributed by atoms with Crippen LogP contribution in [0.15, 0.2) is 76.5 Å². The SMILES string of the molecule is Cc1occc1-c1nnc(SCC(=O)NCC2COc3ccccc3O2)n1Cc1ccccc1. The van der Waals surface area contributed by atoms with Gasteiger partial charge in [-0.2, -0.15) is 0 Å². The minimum Gasteiger partial charge on any atom is -0.486 e. The molecule has 0 bridgehead atoms. The Morgan fingerprint density at radius 3 is 2.68 bits per heavy atom. The van der Waals surface area contributed by atoms with Gasteiger partial charge in [0, 0.05) is 0 Å². The maximum atomic E-state index is 12.6. The van der Waals surface area contributed by atoms with Gasteiger partial charge in [0.2, 0.25) is 5.91 Å². The Bertz CT molecular complexity index is 1270. The van der Waals surface area contributed by atoms with Gasteiger partial charge in [-0.3, -0.25) is 9.36 Å². The molecule has 0 fully saturated rings. The van der Waals surface area contributed by atoms with Crippen molar-refractivity contribution in [2.24, 2.45) is 0 Å². The number of furan rings is 1. The highest BCUT2D eigenvalue weighted by atomic mass is 32.2. The van der Waals surface area contributed by atoms with Gasteiger partial charge in [-0.1, -0.05) is 54.2 Å². The molecule has 9 heteroatoms. The number of rotatable bonds is 8. The molecule has 0 saturated carbocycles. The molecule has 174 valence electrons. The lowest BCUT2D eigenvalue weighted by Gasteiger charge is -2.26. The molecule has 2 aromatic carbocycles. The molecular weight excluding hydrogens is 452 g/mol. The second-order valence-corrected chi connectivity index (χ2v) is 8.80. The number of ether oxygens (including phenoxy) is 2. The third-order valence-corrected chi connectivity index (χ3v) is 6.39. The molecule has 5 rings (SSSR count). The molecule has 1 amide bonds. The first-order valence-electron chi connectivity index (χ1n) is 11.0. The summed E-state index contributed by atoms with van der Waals surface area (Å²) in [6.45, 7) is 3.24. The number of benzene rings is 2. The normalized spacial score (nSPS) is 14.7. The Morgan fingerprint density at radius 1 is 1.09 bits per heavy atom. The largest absolute Gasteiger partial charge is 0.486 e. The van der Waals surface area contributed by atoms with Crippen molar-refractivity contribution in [3.05, 3.63) is 78.3 Å². The first-order chi connectivity index (χ1) is 16.7. The van der Waals surface area contributed by atoms with Crippen LogP contribution in [0.5, 0.6) is 11.5 Å². The molecule has 34 heavy (non-hydrogen) atoms. The van der Waals surface area contributed by atoms with Crippen LogP contribution >= 0.6 is 11.8 Å². The number of thioether (sulfide) groups is 1. The van der Waals surface area contributed by atoms with E-state index < -0.39 is 0 Å². The first kappa shape index (κ1) is 22.1. The van der Waals surface area contributed by atoms with Crippen molar-refractivity contribution >= 4 is 17.7 Å². The number of carbonyl (C=O) groups excluding carboxylic acids is 1. The maximum absolute atomic E-state index is 12.6. The topological polar surface area (TPSA) is 91.4 Å². The molecule has 0 aliphatic carbocycles. The zero-order chi connectivity index (χ0) is 23.3. The number of para-hydroxylation sites is 2. The van der Waals surface area contributed by atoms with Crippen molar-refractivity contribution in [2.45, 2.75) is 24.7 Å². The summed E-state index contributed by atoms with van der Waals surface area (Å²) in [7, 11) is 0. The quantitative estimate of drug-likeness (QED) is 0.385. The fraction of sp³-hybridized carbons (Fsp3) is 0.240. The Morgan fingerprint density at radius 2 is 1.88 bits per heavy atom. The fourth-order valence-corrected chi connectivity index (χ4v) is 4.46. The molecule has 8 nitrogen and oxygen atoms in total. The van der Waals surface area contributed by atoms with E-state index in [1.807, 2.05) is 60.0 Å². The van der Waals surface area contributed by atoms with Gasteiger partial charge in [-0.15, -0.1) is 10.2 Å². The molecule has 1 unspecified atom stereocenters. The predicted octanol–water partition coefficient (Wildman–Crippen LogP) is 3.94. The summed E-state index contributed by atoms with van der Waals surface area (Å²) in [5.74, 6) is 3.00. The molecule has 1 N–H and O–H groups in total. The maximum Gasteiger partial charge on any atom is 0.230 e. The zero-order valence-corrected chi connectivity index (χ0v) is 19.5. The monoisotopic (exact) mass is 476 g/mol. The van der Waals surface area contributed by atoms with Gasteiger partial charge in [0.15, 0.2) is 22.5 Å². The van der Waals surface area contributed by atoms with E-state index in [2.05, 4.69) is 27.6 Å². The third kappa shape index (κ3) is 4.94. The van der Waals surface area contributed by atoms with Gasteiger partial charge in [0.25, 0.3) is 0 Å². The highest BCUT2D eigenvalue weighted by molar-refractivity contribution is 7.99. The summed E-state index contributed by atoms with van der Waals surface area (Å²) in [6, 6.07) is 19.5. The lowest BCUT2D eigenvalue weighted by Crippen LogP contribution is -2.41. The minimum atomic E-state index is -0.235.